The van der Waals surface area contributed by atoms with Gasteiger partial charge in [0.25, 0.3) is 0 Å². The van der Waals surface area contributed by atoms with E-state index < -0.39 is 10.0 Å². The Kier molecular flexibility index (Phi) is 4.40. The van der Waals surface area contributed by atoms with E-state index in [2.05, 4.69) is 14.6 Å². The van der Waals surface area contributed by atoms with E-state index in [1.54, 1.807) is 29.7 Å². The summed E-state index contributed by atoms with van der Waals surface area (Å²) < 4.78 is 27.6. The third-order valence-corrected chi connectivity index (χ3v) is 6.41. The predicted molar refractivity (Wildman–Crippen MR) is 89.2 cm³/mol. The van der Waals surface area contributed by atoms with E-state index in [4.69, 9.17) is 11.6 Å². The molecule has 3 rings (SSSR count). The van der Waals surface area contributed by atoms with Crippen LogP contribution in [0.2, 0.25) is 5.02 Å². The second-order valence-electron chi connectivity index (χ2n) is 5.28. The van der Waals surface area contributed by atoms with Crippen molar-refractivity contribution in [1.82, 2.24) is 9.71 Å². The van der Waals surface area contributed by atoms with Crippen LogP contribution in [0.4, 0.5) is 5.13 Å². The van der Waals surface area contributed by atoms with Crippen molar-refractivity contribution >= 4 is 38.1 Å². The molecule has 0 spiro atoms. The number of halogens is 1. The lowest BCUT2D eigenvalue weighted by atomic mass is 10.2. The van der Waals surface area contributed by atoms with E-state index in [0.717, 1.165) is 23.7 Å². The fraction of sp³-hybridized carbons (Fsp3) is 0.357. The normalized spacial score (nSPS) is 18.8. The predicted octanol–water partition coefficient (Wildman–Crippen LogP) is 2.66. The number of benzene rings is 1. The maximum absolute atomic E-state index is 12.4. The Morgan fingerprint density at radius 2 is 2.27 bits per heavy atom. The molecule has 5 nitrogen and oxygen atoms in total. The number of rotatable bonds is 4. The second-order valence-corrected chi connectivity index (χ2v) is 8.27. The highest BCUT2D eigenvalue weighted by atomic mass is 35.5. The van der Waals surface area contributed by atoms with Gasteiger partial charge in [-0.15, -0.1) is 11.3 Å². The Bertz CT molecular complexity index is 762. The fourth-order valence-corrected chi connectivity index (χ4v) is 4.64. The highest BCUT2D eigenvalue weighted by Gasteiger charge is 2.28. The third kappa shape index (κ3) is 3.27. The number of nitrogens with one attached hydrogen (secondary N) is 1. The molecule has 1 saturated heterocycles. The minimum Gasteiger partial charge on any atom is -0.346 e. The van der Waals surface area contributed by atoms with Crippen molar-refractivity contribution < 1.29 is 8.42 Å². The minimum atomic E-state index is -3.55. The van der Waals surface area contributed by atoms with Crippen LogP contribution >= 0.6 is 22.9 Å². The van der Waals surface area contributed by atoms with Crippen LogP contribution in [0.1, 0.15) is 12.0 Å². The molecule has 1 fully saturated rings. The number of hydrogen-bond donors (Lipinski definition) is 1. The quantitative estimate of drug-likeness (QED) is 0.913. The Hall–Kier alpha value is -1.15. The van der Waals surface area contributed by atoms with Crippen LogP contribution in [0, 0.1) is 6.92 Å². The van der Waals surface area contributed by atoms with Crippen LogP contribution in [0.15, 0.2) is 34.7 Å². The zero-order valence-corrected chi connectivity index (χ0v) is 14.4. The minimum absolute atomic E-state index is 0.117. The van der Waals surface area contributed by atoms with Crippen molar-refractivity contribution in [3.05, 3.63) is 40.4 Å². The van der Waals surface area contributed by atoms with Crippen LogP contribution in [-0.2, 0) is 10.0 Å². The molecule has 0 saturated carbocycles. The van der Waals surface area contributed by atoms with E-state index in [0.29, 0.717) is 11.6 Å². The molecule has 0 radical (unpaired) electrons. The molecule has 1 aliphatic rings. The SMILES string of the molecule is Cc1ccc(S(=O)(=O)NC2CCN(c3nccs3)C2)cc1Cl. The molecule has 0 amide bonds. The molecular weight excluding hydrogens is 342 g/mol. The van der Waals surface area contributed by atoms with Gasteiger partial charge in [0.05, 0.1) is 4.90 Å². The first-order valence-corrected chi connectivity index (χ1v) is 9.63. The van der Waals surface area contributed by atoms with E-state index in [9.17, 15) is 8.42 Å². The lowest BCUT2D eigenvalue weighted by Crippen LogP contribution is -2.37. The Morgan fingerprint density at radius 1 is 1.45 bits per heavy atom. The van der Waals surface area contributed by atoms with Gasteiger partial charge in [-0.1, -0.05) is 17.7 Å². The summed E-state index contributed by atoms with van der Waals surface area (Å²) in [6, 6.07) is 4.67. The molecule has 1 unspecified atom stereocenters. The Labute approximate surface area is 139 Å². The van der Waals surface area contributed by atoms with Crippen LogP contribution in [0.3, 0.4) is 0 Å². The number of aromatic nitrogens is 1. The summed E-state index contributed by atoms with van der Waals surface area (Å²) in [5.74, 6) is 0. The third-order valence-electron chi connectivity index (χ3n) is 3.65. The van der Waals surface area contributed by atoms with Crippen LogP contribution in [-0.4, -0.2) is 32.5 Å². The molecule has 2 heterocycles. The molecule has 1 aromatic heterocycles. The second kappa shape index (κ2) is 6.16. The van der Waals surface area contributed by atoms with Crippen LogP contribution in [0.25, 0.3) is 0 Å². The van der Waals surface area contributed by atoms with Gasteiger partial charge in [0.15, 0.2) is 5.13 Å². The first-order chi connectivity index (χ1) is 10.5. The standard InChI is InChI=1S/C14H16ClN3O2S2/c1-10-2-3-12(8-13(10)15)22(19,20)17-11-4-6-18(9-11)14-16-5-7-21-14/h2-3,5,7-8,11,17H,4,6,9H2,1H3. The maximum atomic E-state index is 12.4. The summed E-state index contributed by atoms with van der Waals surface area (Å²) in [6.45, 7) is 3.27. The molecule has 1 atom stereocenters. The van der Waals surface area contributed by atoms with Gasteiger partial charge in [0, 0.05) is 35.7 Å². The molecule has 0 bridgehead atoms. The lowest BCUT2D eigenvalue weighted by Gasteiger charge is -2.16. The van der Waals surface area contributed by atoms with Crippen molar-refractivity contribution in [2.75, 3.05) is 18.0 Å². The summed E-state index contributed by atoms with van der Waals surface area (Å²) in [7, 11) is -3.55. The van der Waals surface area contributed by atoms with Crippen LogP contribution in [0.5, 0.6) is 0 Å². The van der Waals surface area contributed by atoms with Gasteiger partial charge in [0.2, 0.25) is 10.0 Å². The molecule has 2 aromatic rings. The molecule has 1 aromatic carbocycles. The van der Waals surface area contributed by atoms with Crippen molar-refractivity contribution in [3.8, 4) is 0 Å². The van der Waals surface area contributed by atoms with Crippen LogP contribution < -0.4 is 9.62 Å². The highest BCUT2D eigenvalue weighted by Crippen LogP contribution is 2.24. The molecule has 0 aliphatic carbocycles. The lowest BCUT2D eigenvalue weighted by molar-refractivity contribution is 0.561. The molecule has 1 N–H and O–H groups in total. The van der Waals surface area contributed by atoms with Gasteiger partial charge in [-0.3, -0.25) is 0 Å². The number of anilines is 1. The topological polar surface area (TPSA) is 62.3 Å². The summed E-state index contributed by atoms with van der Waals surface area (Å²) in [5, 5.41) is 3.31. The number of sulfonamides is 1. The van der Waals surface area contributed by atoms with Gasteiger partial charge in [-0.05, 0) is 31.0 Å². The van der Waals surface area contributed by atoms with Gasteiger partial charge in [-0.2, -0.15) is 0 Å². The number of thiazole rings is 1. The largest absolute Gasteiger partial charge is 0.346 e. The van der Waals surface area contributed by atoms with Crippen molar-refractivity contribution in [1.29, 1.82) is 0 Å². The van der Waals surface area contributed by atoms with E-state index in [1.165, 1.54) is 6.07 Å². The van der Waals surface area contributed by atoms with Gasteiger partial charge in [-0.25, -0.2) is 18.1 Å². The number of hydrogen-bond acceptors (Lipinski definition) is 5. The Balaban J connectivity index is 1.71. The molecule has 8 heteroatoms. The Morgan fingerprint density at radius 3 is 2.95 bits per heavy atom. The van der Waals surface area contributed by atoms with E-state index in [-0.39, 0.29) is 10.9 Å². The summed E-state index contributed by atoms with van der Waals surface area (Å²) in [4.78, 5) is 6.56. The van der Waals surface area contributed by atoms with Crippen molar-refractivity contribution in [2.24, 2.45) is 0 Å². The first kappa shape index (κ1) is 15.7. The van der Waals surface area contributed by atoms with Crippen molar-refractivity contribution in [3.63, 3.8) is 0 Å². The molecule has 1 aliphatic heterocycles. The van der Waals surface area contributed by atoms with E-state index >= 15 is 0 Å². The van der Waals surface area contributed by atoms with Gasteiger partial charge in [0.1, 0.15) is 0 Å². The summed E-state index contributed by atoms with van der Waals surface area (Å²) in [5.41, 5.74) is 0.858. The average Bonchev–Trinajstić information content (AvgIpc) is 3.11. The first-order valence-electron chi connectivity index (χ1n) is 6.88. The smallest absolute Gasteiger partial charge is 0.240 e. The van der Waals surface area contributed by atoms with Gasteiger partial charge < -0.3 is 4.90 Å². The molecular formula is C14H16ClN3O2S2. The van der Waals surface area contributed by atoms with Gasteiger partial charge >= 0.3 is 0 Å². The van der Waals surface area contributed by atoms with E-state index in [1.807, 2.05) is 12.3 Å². The number of nitrogens with zero attached hydrogens (tertiary/aromatic N) is 2. The fourth-order valence-electron chi connectivity index (χ4n) is 2.43. The maximum Gasteiger partial charge on any atom is 0.240 e. The molecule has 22 heavy (non-hydrogen) atoms. The summed E-state index contributed by atoms with van der Waals surface area (Å²) >= 11 is 7.58. The average molecular weight is 358 g/mol. The zero-order valence-electron chi connectivity index (χ0n) is 12.0. The molecule has 118 valence electrons. The number of aryl methyl sites for hydroxylation is 1. The monoisotopic (exact) mass is 357 g/mol. The van der Waals surface area contributed by atoms with Crippen molar-refractivity contribution in [2.45, 2.75) is 24.3 Å². The zero-order chi connectivity index (χ0) is 15.7. The summed E-state index contributed by atoms with van der Waals surface area (Å²) in [6.07, 6.45) is 2.52. The highest BCUT2D eigenvalue weighted by molar-refractivity contribution is 7.89.